The summed E-state index contributed by atoms with van der Waals surface area (Å²) in [4.78, 5) is 8.78. The first-order valence-corrected chi connectivity index (χ1v) is 7.28. The molecule has 0 radical (unpaired) electrons. The largest absolute Gasteiger partial charge is 0.465 e. The maximum absolute atomic E-state index is 8.78. The maximum atomic E-state index is 8.78. The molecule has 0 aliphatic rings. The number of allylic oxidation sites excluding steroid dienone is 2. The Bertz CT molecular complexity index is 187. The van der Waals surface area contributed by atoms with E-state index in [0.29, 0.717) is 0 Å². The van der Waals surface area contributed by atoms with Crippen LogP contribution in [0.3, 0.4) is 0 Å². The van der Waals surface area contributed by atoms with Crippen molar-refractivity contribution >= 4 is 6.09 Å². The Morgan fingerprint density at radius 1 is 0.895 bits per heavy atom. The lowest BCUT2D eigenvalue weighted by atomic mass is 10.1. The predicted octanol–water partition coefficient (Wildman–Crippen LogP) is 5.74. The van der Waals surface area contributed by atoms with E-state index in [1.807, 2.05) is 0 Å². The number of hydrogen-bond donors (Lipinski definition) is 2. The molecule has 0 aromatic carbocycles. The zero-order chi connectivity index (χ0) is 14.1. The van der Waals surface area contributed by atoms with Gasteiger partial charge in [0.15, 0.2) is 0 Å². The Balaban J connectivity index is -0.000000448. The van der Waals surface area contributed by atoms with Crippen LogP contribution in [0.25, 0.3) is 0 Å². The van der Waals surface area contributed by atoms with Crippen molar-refractivity contribution in [3.8, 4) is 0 Å². The van der Waals surface area contributed by atoms with E-state index in [1.54, 1.807) is 0 Å². The van der Waals surface area contributed by atoms with Gasteiger partial charge in [0.2, 0.25) is 0 Å². The molecule has 19 heavy (non-hydrogen) atoms. The second kappa shape index (κ2) is 22.2. The molecule has 3 nitrogen and oxygen atoms in total. The smallest absolute Gasteiger partial charge is 0.402 e. The average Bonchev–Trinajstić information content (AvgIpc) is 2.31. The van der Waals surface area contributed by atoms with E-state index in [4.69, 9.17) is 9.90 Å². The average molecular weight is 273 g/mol. The van der Waals surface area contributed by atoms with Gasteiger partial charge in [-0.3, -0.25) is 0 Å². The van der Waals surface area contributed by atoms with Crippen LogP contribution >= 0.6 is 0 Å². The van der Waals surface area contributed by atoms with Gasteiger partial charge in [0.1, 0.15) is 0 Å². The number of rotatable bonds is 10. The number of primary amides is 1. The molecule has 0 atom stereocenters. The van der Waals surface area contributed by atoms with Gasteiger partial charge in [-0.1, -0.05) is 78.4 Å². The van der Waals surface area contributed by atoms with Crippen LogP contribution in [0, 0.1) is 0 Å². The highest BCUT2D eigenvalue weighted by molar-refractivity contribution is 5.61. The molecule has 0 aromatic rings. The summed E-state index contributed by atoms with van der Waals surface area (Å²) in [6.07, 6.45) is 17.1. The molecule has 0 aliphatic heterocycles. The summed E-state index contributed by atoms with van der Waals surface area (Å²) in [5.41, 5.74) is 4.03. The molecule has 3 N–H and O–H groups in total. The van der Waals surface area contributed by atoms with Crippen molar-refractivity contribution in [2.45, 2.75) is 85.5 Å². The predicted molar refractivity (Wildman–Crippen MR) is 85.6 cm³/mol. The third-order valence-corrected chi connectivity index (χ3v) is 2.62. The van der Waals surface area contributed by atoms with Gasteiger partial charge in [-0.2, -0.15) is 0 Å². The lowest BCUT2D eigenvalue weighted by Crippen LogP contribution is -2.03. The van der Waals surface area contributed by atoms with Gasteiger partial charge in [-0.05, 0) is 19.3 Å². The minimum absolute atomic E-state index is 0. The fourth-order valence-electron chi connectivity index (χ4n) is 1.60. The van der Waals surface area contributed by atoms with Crippen molar-refractivity contribution in [3.05, 3.63) is 12.2 Å². The summed E-state index contributed by atoms with van der Waals surface area (Å²) in [6, 6.07) is 0. The third kappa shape index (κ3) is 38.2. The van der Waals surface area contributed by atoms with E-state index in [0.717, 1.165) is 0 Å². The molecule has 0 fully saturated rings. The summed E-state index contributed by atoms with van der Waals surface area (Å²) in [5.74, 6) is 0. The molecular weight excluding hydrogens is 238 g/mol. The van der Waals surface area contributed by atoms with Crippen molar-refractivity contribution in [2.24, 2.45) is 5.73 Å². The Hall–Kier alpha value is -0.990. The first-order valence-electron chi connectivity index (χ1n) is 7.28. The summed E-state index contributed by atoms with van der Waals surface area (Å²) >= 11 is 0. The highest BCUT2D eigenvalue weighted by Crippen LogP contribution is 2.07. The normalized spacial score (nSPS) is 9.58. The summed E-state index contributed by atoms with van der Waals surface area (Å²) in [7, 11) is 0. The quantitative estimate of drug-likeness (QED) is 0.393. The maximum Gasteiger partial charge on any atom is 0.402 e. The standard InChI is InChI=1S/C14H28.CH3NO2.CH4/c1-3-5-7-9-11-13-14-12-10-8-6-4-2;2-1(3)4;/h9,11H,3-8,10,12-14H2,1-2H3;2H2,(H,3,4);1H4/b11-9-;;. The number of nitrogens with two attached hydrogens (primary N) is 1. The van der Waals surface area contributed by atoms with Gasteiger partial charge in [0, 0.05) is 0 Å². The molecule has 0 bridgehead atoms. The molecule has 0 unspecified atom stereocenters. The second-order valence-electron chi connectivity index (χ2n) is 4.51. The lowest BCUT2D eigenvalue weighted by Gasteiger charge is -1.97. The van der Waals surface area contributed by atoms with E-state index in [9.17, 15) is 0 Å². The van der Waals surface area contributed by atoms with Crippen LogP contribution in [0.2, 0.25) is 0 Å². The molecular formula is C16H35NO2. The van der Waals surface area contributed by atoms with Gasteiger partial charge in [-0.15, -0.1) is 0 Å². The van der Waals surface area contributed by atoms with E-state index in [-0.39, 0.29) is 7.43 Å². The number of hydrogen-bond acceptors (Lipinski definition) is 1. The molecule has 3 heteroatoms. The minimum atomic E-state index is -1.33. The van der Waals surface area contributed by atoms with Crippen LogP contribution in [0.15, 0.2) is 12.2 Å². The third-order valence-electron chi connectivity index (χ3n) is 2.62. The van der Waals surface area contributed by atoms with Crippen LogP contribution in [0.5, 0.6) is 0 Å². The molecule has 0 spiro atoms. The highest BCUT2D eigenvalue weighted by Gasteiger charge is 1.87. The van der Waals surface area contributed by atoms with E-state index in [1.165, 1.54) is 64.2 Å². The van der Waals surface area contributed by atoms with Gasteiger partial charge >= 0.3 is 6.09 Å². The topological polar surface area (TPSA) is 63.3 Å². The van der Waals surface area contributed by atoms with Crippen molar-refractivity contribution in [1.82, 2.24) is 0 Å². The van der Waals surface area contributed by atoms with Crippen LogP contribution in [0.1, 0.15) is 85.5 Å². The lowest BCUT2D eigenvalue weighted by molar-refractivity contribution is 0.205. The van der Waals surface area contributed by atoms with Gasteiger partial charge in [-0.25, -0.2) is 4.79 Å². The Labute approximate surface area is 120 Å². The zero-order valence-electron chi connectivity index (χ0n) is 12.2. The first-order chi connectivity index (χ1) is 8.65. The van der Waals surface area contributed by atoms with Gasteiger partial charge in [0.05, 0.1) is 0 Å². The second-order valence-corrected chi connectivity index (χ2v) is 4.51. The zero-order valence-corrected chi connectivity index (χ0v) is 12.2. The first kappa shape index (κ1) is 23.1. The van der Waals surface area contributed by atoms with E-state index >= 15 is 0 Å². The molecule has 116 valence electrons. The Morgan fingerprint density at radius 2 is 1.26 bits per heavy atom. The van der Waals surface area contributed by atoms with Crippen molar-refractivity contribution in [2.75, 3.05) is 0 Å². The number of carboxylic acid groups (broad SMARTS) is 1. The number of amides is 1. The molecule has 0 aliphatic carbocycles. The summed E-state index contributed by atoms with van der Waals surface area (Å²) < 4.78 is 0. The molecule has 0 saturated carbocycles. The van der Waals surface area contributed by atoms with Gasteiger partial charge in [0.25, 0.3) is 0 Å². The van der Waals surface area contributed by atoms with Crippen LogP contribution in [0.4, 0.5) is 4.79 Å². The van der Waals surface area contributed by atoms with Gasteiger partial charge < -0.3 is 10.8 Å². The number of unbranched alkanes of at least 4 members (excludes halogenated alkanes) is 8. The van der Waals surface area contributed by atoms with E-state index in [2.05, 4.69) is 31.7 Å². The molecule has 0 saturated heterocycles. The fraction of sp³-hybridized carbons (Fsp3) is 0.812. The Morgan fingerprint density at radius 3 is 1.74 bits per heavy atom. The van der Waals surface area contributed by atoms with Crippen molar-refractivity contribution in [1.29, 1.82) is 0 Å². The summed E-state index contributed by atoms with van der Waals surface area (Å²) in [5, 5.41) is 7.19. The van der Waals surface area contributed by atoms with Crippen LogP contribution in [-0.2, 0) is 0 Å². The summed E-state index contributed by atoms with van der Waals surface area (Å²) in [6.45, 7) is 4.53. The monoisotopic (exact) mass is 273 g/mol. The van der Waals surface area contributed by atoms with E-state index < -0.39 is 6.09 Å². The fourth-order valence-corrected chi connectivity index (χ4v) is 1.60. The number of carbonyl (C=O) groups is 1. The molecule has 0 heterocycles. The molecule has 1 amide bonds. The molecule has 0 aromatic heterocycles. The van der Waals surface area contributed by atoms with Crippen LogP contribution < -0.4 is 5.73 Å². The van der Waals surface area contributed by atoms with Crippen molar-refractivity contribution < 1.29 is 9.90 Å². The SMILES string of the molecule is C.CCCC/C=C\CCCCCCCC.NC(=O)O. The van der Waals surface area contributed by atoms with Crippen molar-refractivity contribution in [3.63, 3.8) is 0 Å². The minimum Gasteiger partial charge on any atom is -0.465 e. The highest BCUT2D eigenvalue weighted by atomic mass is 16.4. The van der Waals surface area contributed by atoms with Crippen LogP contribution in [-0.4, -0.2) is 11.2 Å². The Kier molecular flexibility index (Phi) is 27.0. The molecule has 0 rings (SSSR count).